The molecule has 18 heavy (non-hydrogen) atoms. The van der Waals surface area contributed by atoms with E-state index in [9.17, 15) is 10.1 Å². The van der Waals surface area contributed by atoms with Crippen LogP contribution in [0.1, 0.15) is 26.2 Å². The van der Waals surface area contributed by atoms with E-state index in [1.54, 1.807) is 0 Å². The van der Waals surface area contributed by atoms with Crippen molar-refractivity contribution in [3.05, 3.63) is 0 Å². The number of carbonyl (C=O) groups excluding carboxylic acids is 1. The molecule has 0 aliphatic carbocycles. The number of hydrogen-bond acceptors (Lipinski definition) is 4. The van der Waals surface area contributed by atoms with Gasteiger partial charge in [0.15, 0.2) is 0 Å². The normalized spacial score (nSPS) is 31.8. The van der Waals surface area contributed by atoms with Gasteiger partial charge in [0, 0.05) is 13.1 Å². The lowest BCUT2D eigenvalue weighted by molar-refractivity contribution is -0.126. The van der Waals surface area contributed by atoms with Crippen molar-refractivity contribution in [2.24, 2.45) is 5.92 Å². The fourth-order valence-electron chi connectivity index (χ4n) is 2.60. The second kappa shape index (κ2) is 5.25. The molecule has 2 aliphatic heterocycles. The van der Waals surface area contributed by atoms with E-state index in [1.165, 1.54) is 0 Å². The van der Waals surface area contributed by atoms with Crippen molar-refractivity contribution < 1.29 is 9.53 Å². The van der Waals surface area contributed by atoms with Gasteiger partial charge in [-0.15, -0.1) is 0 Å². The summed E-state index contributed by atoms with van der Waals surface area (Å²) in [4.78, 5) is 14.3. The minimum Gasteiger partial charge on any atom is -0.378 e. The third-order valence-corrected chi connectivity index (χ3v) is 3.99. The van der Waals surface area contributed by atoms with Gasteiger partial charge in [0.05, 0.1) is 24.7 Å². The van der Waals surface area contributed by atoms with E-state index >= 15 is 0 Å². The Morgan fingerprint density at radius 1 is 1.50 bits per heavy atom. The number of nitriles is 1. The van der Waals surface area contributed by atoms with Gasteiger partial charge in [-0.05, 0) is 33.2 Å². The molecule has 2 unspecified atom stereocenters. The molecule has 2 fully saturated rings. The molecule has 2 rings (SSSR count). The highest BCUT2D eigenvalue weighted by atomic mass is 16.5. The molecule has 0 aromatic carbocycles. The summed E-state index contributed by atoms with van der Waals surface area (Å²) in [7, 11) is 2.04. The number of nitrogens with one attached hydrogen (secondary N) is 1. The van der Waals surface area contributed by atoms with Crippen LogP contribution in [-0.4, -0.2) is 49.2 Å². The average Bonchev–Trinajstić information content (AvgIpc) is 2.79. The second-order valence-corrected chi connectivity index (χ2v) is 5.56. The molecule has 2 aliphatic rings. The Hall–Kier alpha value is -1.12. The number of carbonyl (C=O) groups is 1. The third-order valence-electron chi connectivity index (χ3n) is 3.99. The molecule has 2 atom stereocenters. The van der Waals surface area contributed by atoms with E-state index < -0.39 is 5.54 Å². The fraction of sp³-hybridized carbons (Fsp3) is 0.846. The summed E-state index contributed by atoms with van der Waals surface area (Å²) in [6, 6.07) is 2.30. The highest BCUT2D eigenvalue weighted by Crippen LogP contribution is 2.24. The summed E-state index contributed by atoms with van der Waals surface area (Å²) < 4.78 is 5.41. The maximum absolute atomic E-state index is 12.1. The predicted molar refractivity (Wildman–Crippen MR) is 66.7 cm³/mol. The standard InChI is InChI=1S/C13H21N3O2/c1-10-7-11(8-18-10)12(17)15-13(9-14)3-5-16(2)6-4-13/h10-11H,3-8H2,1-2H3,(H,15,17). The quantitative estimate of drug-likeness (QED) is 0.777. The first kappa shape index (κ1) is 13.3. The number of hydrogen-bond donors (Lipinski definition) is 1. The molecule has 5 nitrogen and oxygen atoms in total. The molecule has 1 amide bonds. The first-order chi connectivity index (χ1) is 8.54. The van der Waals surface area contributed by atoms with E-state index in [0.29, 0.717) is 19.4 Å². The van der Waals surface area contributed by atoms with Crippen molar-refractivity contribution in [1.82, 2.24) is 10.2 Å². The lowest BCUT2D eigenvalue weighted by atomic mass is 9.88. The monoisotopic (exact) mass is 251 g/mol. The molecule has 2 saturated heterocycles. The summed E-state index contributed by atoms with van der Waals surface area (Å²) in [6.45, 7) is 4.16. The summed E-state index contributed by atoms with van der Waals surface area (Å²) in [5, 5.41) is 12.3. The smallest absolute Gasteiger partial charge is 0.226 e. The number of piperidine rings is 1. The van der Waals surface area contributed by atoms with Crippen LogP contribution in [0, 0.1) is 17.2 Å². The molecule has 0 bridgehead atoms. The van der Waals surface area contributed by atoms with Crippen LogP contribution in [0.5, 0.6) is 0 Å². The molecule has 1 N–H and O–H groups in total. The van der Waals surface area contributed by atoms with Crippen LogP contribution in [0.4, 0.5) is 0 Å². The fourth-order valence-corrected chi connectivity index (χ4v) is 2.60. The van der Waals surface area contributed by atoms with Crippen LogP contribution >= 0.6 is 0 Å². The molecule has 2 heterocycles. The Morgan fingerprint density at radius 2 is 2.17 bits per heavy atom. The van der Waals surface area contributed by atoms with Gasteiger partial charge >= 0.3 is 0 Å². The van der Waals surface area contributed by atoms with Crippen molar-refractivity contribution in [3.8, 4) is 6.07 Å². The predicted octanol–water partition coefficient (Wildman–Crippen LogP) is 0.516. The van der Waals surface area contributed by atoms with E-state index in [1.807, 2.05) is 14.0 Å². The van der Waals surface area contributed by atoms with Crippen molar-refractivity contribution in [2.45, 2.75) is 37.8 Å². The van der Waals surface area contributed by atoms with Crippen LogP contribution < -0.4 is 5.32 Å². The molecular formula is C13H21N3O2. The third kappa shape index (κ3) is 2.82. The van der Waals surface area contributed by atoms with Crippen LogP contribution in [0.3, 0.4) is 0 Å². The van der Waals surface area contributed by atoms with E-state index in [0.717, 1.165) is 19.5 Å². The zero-order chi connectivity index (χ0) is 13.2. The largest absolute Gasteiger partial charge is 0.378 e. The van der Waals surface area contributed by atoms with Gasteiger partial charge in [0.25, 0.3) is 0 Å². The van der Waals surface area contributed by atoms with E-state index in [-0.39, 0.29) is 17.9 Å². The minimum absolute atomic E-state index is 0.0227. The molecule has 0 saturated carbocycles. The molecule has 0 aromatic heterocycles. The molecular weight excluding hydrogens is 230 g/mol. The zero-order valence-corrected chi connectivity index (χ0v) is 11.1. The van der Waals surface area contributed by atoms with E-state index in [2.05, 4.69) is 16.3 Å². The van der Waals surface area contributed by atoms with Crippen LogP contribution in [0.15, 0.2) is 0 Å². The van der Waals surface area contributed by atoms with Crippen molar-refractivity contribution in [2.75, 3.05) is 26.7 Å². The van der Waals surface area contributed by atoms with E-state index in [4.69, 9.17) is 4.74 Å². The highest BCUT2D eigenvalue weighted by Gasteiger charge is 2.38. The summed E-state index contributed by atoms with van der Waals surface area (Å²) in [5.41, 5.74) is -0.671. The summed E-state index contributed by atoms with van der Waals surface area (Å²) >= 11 is 0. The van der Waals surface area contributed by atoms with Gasteiger partial charge in [-0.3, -0.25) is 4.79 Å². The molecule has 5 heteroatoms. The van der Waals surface area contributed by atoms with Gasteiger partial charge in [-0.25, -0.2) is 0 Å². The topological polar surface area (TPSA) is 65.4 Å². The molecule has 100 valence electrons. The number of likely N-dealkylation sites (tertiary alicyclic amines) is 1. The Balaban J connectivity index is 1.94. The number of ether oxygens (including phenoxy) is 1. The molecule has 0 spiro atoms. The number of amides is 1. The maximum atomic E-state index is 12.1. The Morgan fingerprint density at radius 3 is 2.67 bits per heavy atom. The van der Waals surface area contributed by atoms with Gasteiger partial charge in [-0.2, -0.15) is 5.26 Å². The Labute approximate surface area is 108 Å². The second-order valence-electron chi connectivity index (χ2n) is 5.56. The Bertz CT molecular complexity index is 356. The average molecular weight is 251 g/mol. The number of nitrogens with zero attached hydrogens (tertiary/aromatic N) is 2. The lowest BCUT2D eigenvalue weighted by Crippen LogP contribution is -2.55. The van der Waals surface area contributed by atoms with Crippen molar-refractivity contribution in [1.29, 1.82) is 5.26 Å². The van der Waals surface area contributed by atoms with Crippen molar-refractivity contribution in [3.63, 3.8) is 0 Å². The highest BCUT2D eigenvalue weighted by molar-refractivity contribution is 5.80. The first-order valence-electron chi connectivity index (χ1n) is 6.58. The lowest BCUT2D eigenvalue weighted by Gasteiger charge is -2.36. The van der Waals surface area contributed by atoms with Crippen LogP contribution in [0.2, 0.25) is 0 Å². The first-order valence-corrected chi connectivity index (χ1v) is 6.58. The SMILES string of the molecule is CC1CC(C(=O)NC2(C#N)CCN(C)CC2)CO1. The van der Waals surface area contributed by atoms with Gasteiger partial charge in [-0.1, -0.05) is 0 Å². The van der Waals surface area contributed by atoms with Gasteiger partial charge in [0.1, 0.15) is 5.54 Å². The van der Waals surface area contributed by atoms with Crippen LogP contribution in [-0.2, 0) is 9.53 Å². The van der Waals surface area contributed by atoms with Gasteiger partial charge in [0.2, 0.25) is 5.91 Å². The van der Waals surface area contributed by atoms with Gasteiger partial charge < -0.3 is 15.0 Å². The summed E-state index contributed by atoms with van der Waals surface area (Å²) in [6.07, 6.45) is 2.31. The molecule has 0 radical (unpaired) electrons. The Kier molecular flexibility index (Phi) is 3.88. The van der Waals surface area contributed by atoms with Crippen LogP contribution in [0.25, 0.3) is 0 Å². The summed E-state index contributed by atoms with van der Waals surface area (Å²) in [5.74, 6) is -0.115. The minimum atomic E-state index is -0.671. The maximum Gasteiger partial charge on any atom is 0.226 e. The van der Waals surface area contributed by atoms with Crippen molar-refractivity contribution >= 4 is 5.91 Å². The number of rotatable bonds is 2. The zero-order valence-electron chi connectivity index (χ0n) is 11.1. The molecule has 0 aromatic rings.